The fraction of sp³-hybridized carbons (Fsp3) is 0.389. The number of para-hydroxylation sites is 1. The first-order valence-corrected chi connectivity index (χ1v) is 8.34. The smallest absolute Gasteiger partial charge is 0.257 e. The van der Waals surface area contributed by atoms with Crippen LogP contribution in [0, 0.1) is 0 Å². The maximum absolute atomic E-state index is 12.4. The summed E-state index contributed by atoms with van der Waals surface area (Å²) in [6.07, 6.45) is 2.84. The summed E-state index contributed by atoms with van der Waals surface area (Å²) in [6.45, 7) is 4.05. The molecule has 7 heteroatoms. The van der Waals surface area contributed by atoms with Crippen LogP contribution in [0.15, 0.2) is 35.3 Å². The van der Waals surface area contributed by atoms with Gasteiger partial charge in [0.2, 0.25) is 11.3 Å². The number of aromatic amines is 1. The molecule has 25 heavy (non-hydrogen) atoms. The number of amides is 2. The van der Waals surface area contributed by atoms with Crippen LogP contribution >= 0.6 is 0 Å². The van der Waals surface area contributed by atoms with E-state index in [9.17, 15) is 14.4 Å². The third-order valence-corrected chi connectivity index (χ3v) is 4.49. The predicted octanol–water partition coefficient (Wildman–Crippen LogP) is 0.892. The van der Waals surface area contributed by atoms with Crippen LogP contribution in [-0.4, -0.2) is 35.4 Å². The minimum absolute atomic E-state index is 0.0261. The van der Waals surface area contributed by atoms with Crippen molar-refractivity contribution in [2.75, 3.05) is 13.1 Å². The molecular weight excluding hydrogens is 320 g/mol. The van der Waals surface area contributed by atoms with Crippen LogP contribution in [0.2, 0.25) is 0 Å². The molecule has 1 aromatic heterocycles. The van der Waals surface area contributed by atoms with E-state index in [1.807, 2.05) is 13.8 Å². The number of nitrogens with two attached hydrogens (primary N) is 1. The first-order chi connectivity index (χ1) is 11.9. The van der Waals surface area contributed by atoms with Gasteiger partial charge in [0.15, 0.2) is 0 Å². The van der Waals surface area contributed by atoms with Crippen LogP contribution < -0.4 is 21.8 Å². The zero-order valence-corrected chi connectivity index (χ0v) is 14.5. The van der Waals surface area contributed by atoms with Crippen molar-refractivity contribution in [3.05, 3.63) is 46.2 Å². The Bertz CT molecular complexity index is 824. The summed E-state index contributed by atoms with van der Waals surface area (Å²) in [5, 5.41) is 5.61. The summed E-state index contributed by atoms with van der Waals surface area (Å²) in [4.78, 5) is 39.3. The Labute approximate surface area is 146 Å². The van der Waals surface area contributed by atoms with Crippen LogP contribution in [0.4, 0.5) is 0 Å². The highest BCUT2D eigenvalue weighted by Crippen LogP contribution is 2.09. The van der Waals surface area contributed by atoms with Crippen molar-refractivity contribution in [3.63, 3.8) is 0 Å². The minimum atomic E-state index is -0.591. The average molecular weight is 344 g/mol. The summed E-state index contributed by atoms with van der Waals surface area (Å²) in [5.74, 6) is -0.936. The van der Waals surface area contributed by atoms with Crippen LogP contribution in [0.3, 0.4) is 0 Å². The molecular formula is C18H24N4O3. The van der Waals surface area contributed by atoms with Gasteiger partial charge in [-0.1, -0.05) is 26.0 Å². The number of hydrogen-bond acceptors (Lipinski definition) is 4. The second kappa shape index (κ2) is 7.94. The Morgan fingerprint density at radius 3 is 2.52 bits per heavy atom. The van der Waals surface area contributed by atoms with Crippen molar-refractivity contribution in [1.29, 1.82) is 0 Å². The van der Waals surface area contributed by atoms with Gasteiger partial charge in [-0.3, -0.25) is 14.4 Å². The lowest BCUT2D eigenvalue weighted by Gasteiger charge is -2.26. The van der Waals surface area contributed by atoms with Crippen molar-refractivity contribution in [1.82, 2.24) is 15.6 Å². The van der Waals surface area contributed by atoms with Crippen molar-refractivity contribution < 1.29 is 9.59 Å². The number of H-pyrrole nitrogens is 1. The highest BCUT2D eigenvalue weighted by molar-refractivity contribution is 5.98. The SMILES string of the molecule is CCC(N)(CC)CNC(=O)CNC(=O)c1c[nH]c2ccccc2c1=O. The lowest BCUT2D eigenvalue weighted by atomic mass is 9.94. The Hall–Kier alpha value is -2.67. The number of carbonyl (C=O) groups excluding carboxylic acids is 2. The van der Waals surface area contributed by atoms with Gasteiger partial charge in [0.25, 0.3) is 5.91 Å². The molecule has 1 heterocycles. The molecule has 0 aliphatic carbocycles. The molecule has 0 atom stereocenters. The summed E-state index contributed by atoms with van der Waals surface area (Å²) in [7, 11) is 0. The minimum Gasteiger partial charge on any atom is -0.360 e. The Morgan fingerprint density at radius 2 is 1.84 bits per heavy atom. The maximum atomic E-state index is 12.4. The number of aromatic nitrogens is 1. The molecule has 0 bridgehead atoms. The molecule has 1 aromatic carbocycles. The van der Waals surface area contributed by atoms with Crippen LogP contribution in [-0.2, 0) is 4.79 Å². The topological polar surface area (TPSA) is 117 Å². The Kier molecular flexibility index (Phi) is 5.93. The summed E-state index contributed by atoms with van der Waals surface area (Å²) >= 11 is 0. The summed E-state index contributed by atoms with van der Waals surface area (Å²) in [5.41, 5.74) is 5.92. The molecule has 134 valence electrons. The number of rotatable bonds is 7. The monoisotopic (exact) mass is 344 g/mol. The lowest BCUT2D eigenvalue weighted by Crippen LogP contribution is -2.51. The number of carbonyl (C=O) groups is 2. The number of nitrogens with one attached hydrogen (secondary N) is 3. The number of fused-ring (bicyclic) bond motifs is 1. The molecule has 2 aromatic rings. The third-order valence-electron chi connectivity index (χ3n) is 4.49. The van der Waals surface area contributed by atoms with Gasteiger partial charge in [0, 0.05) is 29.2 Å². The third kappa shape index (κ3) is 4.45. The predicted molar refractivity (Wildman–Crippen MR) is 97.4 cm³/mol. The van der Waals surface area contributed by atoms with Gasteiger partial charge in [0.05, 0.1) is 6.54 Å². The van der Waals surface area contributed by atoms with Crippen LogP contribution in [0.1, 0.15) is 37.0 Å². The van der Waals surface area contributed by atoms with E-state index >= 15 is 0 Å². The molecule has 7 nitrogen and oxygen atoms in total. The Balaban J connectivity index is 1.98. The second-order valence-electron chi connectivity index (χ2n) is 6.11. The standard InChI is InChI=1S/C18H24N4O3/c1-3-18(19,4-2)11-22-15(23)10-21-17(25)13-9-20-14-8-6-5-7-12(14)16(13)24/h5-9H,3-4,10-11,19H2,1-2H3,(H,20,24)(H,21,25)(H,22,23). The molecule has 0 fully saturated rings. The molecule has 5 N–H and O–H groups in total. The van der Waals surface area contributed by atoms with E-state index < -0.39 is 11.4 Å². The fourth-order valence-electron chi connectivity index (χ4n) is 2.43. The molecule has 2 rings (SSSR count). The Morgan fingerprint density at radius 1 is 1.16 bits per heavy atom. The second-order valence-corrected chi connectivity index (χ2v) is 6.11. The van der Waals surface area contributed by atoms with E-state index in [1.54, 1.807) is 24.3 Å². The van der Waals surface area contributed by atoms with E-state index in [4.69, 9.17) is 5.73 Å². The number of hydrogen-bond donors (Lipinski definition) is 4. The van der Waals surface area contributed by atoms with Gasteiger partial charge in [-0.2, -0.15) is 0 Å². The van der Waals surface area contributed by atoms with Crippen molar-refractivity contribution >= 4 is 22.7 Å². The van der Waals surface area contributed by atoms with E-state index in [-0.39, 0.29) is 23.4 Å². The zero-order valence-electron chi connectivity index (χ0n) is 14.5. The van der Waals surface area contributed by atoms with Crippen LogP contribution in [0.25, 0.3) is 10.9 Å². The van der Waals surface area contributed by atoms with Crippen LogP contribution in [0.5, 0.6) is 0 Å². The van der Waals surface area contributed by atoms with Gasteiger partial charge < -0.3 is 21.4 Å². The zero-order chi connectivity index (χ0) is 18.4. The molecule has 0 saturated heterocycles. The van der Waals surface area contributed by atoms with Crippen molar-refractivity contribution in [2.24, 2.45) is 5.73 Å². The fourth-order valence-corrected chi connectivity index (χ4v) is 2.43. The number of benzene rings is 1. The number of pyridine rings is 1. The quantitative estimate of drug-likeness (QED) is 0.597. The molecule has 0 aliphatic rings. The summed E-state index contributed by atoms with van der Waals surface area (Å²) < 4.78 is 0. The van der Waals surface area contributed by atoms with Gasteiger partial charge in [-0.15, -0.1) is 0 Å². The van der Waals surface area contributed by atoms with E-state index in [2.05, 4.69) is 15.6 Å². The largest absolute Gasteiger partial charge is 0.360 e. The van der Waals surface area contributed by atoms with Gasteiger partial charge in [0.1, 0.15) is 5.56 Å². The molecule has 0 saturated carbocycles. The molecule has 2 amide bonds. The van der Waals surface area contributed by atoms with E-state index in [1.165, 1.54) is 6.20 Å². The first-order valence-electron chi connectivity index (χ1n) is 8.34. The normalized spacial score (nSPS) is 11.3. The van der Waals surface area contributed by atoms with Crippen molar-refractivity contribution in [2.45, 2.75) is 32.2 Å². The van der Waals surface area contributed by atoms with Crippen molar-refractivity contribution in [3.8, 4) is 0 Å². The van der Waals surface area contributed by atoms with Gasteiger partial charge >= 0.3 is 0 Å². The highest BCUT2D eigenvalue weighted by Gasteiger charge is 2.21. The van der Waals surface area contributed by atoms with E-state index in [0.717, 1.165) is 12.8 Å². The molecule has 0 radical (unpaired) electrons. The molecule has 0 aliphatic heterocycles. The average Bonchev–Trinajstić information content (AvgIpc) is 2.64. The maximum Gasteiger partial charge on any atom is 0.257 e. The van der Waals surface area contributed by atoms with Gasteiger partial charge in [-0.05, 0) is 25.0 Å². The van der Waals surface area contributed by atoms with Gasteiger partial charge in [-0.25, -0.2) is 0 Å². The molecule has 0 unspecified atom stereocenters. The molecule has 0 spiro atoms. The summed E-state index contributed by atoms with van der Waals surface area (Å²) in [6, 6.07) is 6.93. The lowest BCUT2D eigenvalue weighted by molar-refractivity contribution is -0.120. The first kappa shape index (κ1) is 18.7. The highest BCUT2D eigenvalue weighted by atomic mass is 16.2. The van der Waals surface area contributed by atoms with E-state index in [0.29, 0.717) is 17.4 Å².